The van der Waals surface area contributed by atoms with Gasteiger partial charge in [-0.25, -0.2) is 4.79 Å². The maximum atomic E-state index is 12.4. The third-order valence-corrected chi connectivity index (χ3v) is 4.28. The van der Waals surface area contributed by atoms with Crippen molar-refractivity contribution in [3.8, 4) is 6.07 Å². The van der Waals surface area contributed by atoms with Gasteiger partial charge in [-0.1, -0.05) is 12.8 Å². The summed E-state index contributed by atoms with van der Waals surface area (Å²) in [4.78, 5) is 16.3. The molecule has 0 aliphatic carbocycles. The Morgan fingerprint density at radius 3 is 2.00 bits per heavy atom. The number of hydrogen-bond acceptors (Lipinski definition) is 2. The molecule has 0 saturated carbocycles. The monoisotopic (exact) mass is 249 g/mol. The summed E-state index contributed by atoms with van der Waals surface area (Å²) in [6.07, 6.45) is 6.38. The van der Waals surface area contributed by atoms with Gasteiger partial charge in [0, 0.05) is 26.2 Å². The molecule has 0 aromatic carbocycles. The highest BCUT2D eigenvalue weighted by molar-refractivity contribution is 5.74. The molecule has 18 heavy (non-hydrogen) atoms. The SMILES string of the molecule is CC1(C#N)CCN(C(=O)N2CCCCCC2)CC1. The van der Waals surface area contributed by atoms with Crippen molar-refractivity contribution in [3.05, 3.63) is 0 Å². The summed E-state index contributed by atoms with van der Waals surface area (Å²) in [5.74, 6) is 0. The molecular weight excluding hydrogens is 226 g/mol. The van der Waals surface area contributed by atoms with E-state index in [0.717, 1.165) is 51.9 Å². The molecule has 2 amide bonds. The predicted octanol–water partition coefficient (Wildman–Crippen LogP) is 2.61. The Balaban J connectivity index is 1.89. The molecule has 0 spiro atoms. The highest BCUT2D eigenvalue weighted by atomic mass is 16.2. The molecule has 2 fully saturated rings. The van der Waals surface area contributed by atoms with Crippen molar-refractivity contribution in [1.29, 1.82) is 5.26 Å². The fraction of sp³-hybridized carbons (Fsp3) is 0.857. The van der Waals surface area contributed by atoms with Crippen LogP contribution in [0, 0.1) is 16.7 Å². The molecule has 0 radical (unpaired) electrons. The van der Waals surface area contributed by atoms with E-state index in [4.69, 9.17) is 5.26 Å². The van der Waals surface area contributed by atoms with E-state index in [1.165, 1.54) is 12.8 Å². The zero-order valence-corrected chi connectivity index (χ0v) is 11.3. The molecule has 2 rings (SSSR count). The van der Waals surface area contributed by atoms with Gasteiger partial charge in [0.2, 0.25) is 0 Å². The second kappa shape index (κ2) is 5.60. The first kappa shape index (κ1) is 13.2. The minimum absolute atomic E-state index is 0.192. The molecule has 4 nitrogen and oxygen atoms in total. The molecule has 0 unspecified atom stereocenters. The quantitative estimate of drug-likeness (QED) is 0.662. The first-order chi connectivity index (χ1) is 8.64. The van der Waals surface area contributed by atoms with E-state index in [9.17, 15) is 4.79 Å². The van der Waals surface area contributed by atoms with Crippen molar-refractivity contribution in [2.45, 2.75) is 45.4 Å². The first-order valence-electron chi connectivity index (χ1n) is 7.10. The van der Waals surface area contributed by atoms with Crippen molar-refractivity contribution < 1.29 is 4.79 Å². The molecule has 0 aromatic heterocycles. The van der Waals surface area contributed by atoms with Gasteiger partial charge < -0.3 is 9.80 Å². The lowest BCUT2D eigenvalue weighted by Gasteiger charge is -2.37. The van der Waals surface area contributed by atoms with E-state index in [-0.39, 0.29) is 11.4 Å². The zero-order chi connectivity index (χ0) is 13.0. The number of hydrogen-bond donors (Lipinski definition) is 0. The maximum absolute atomic E-state index is 12.4. The van der Waals surface area contributed by atoms with E-state index < -0.39 is 0 Å². The lowest BCUT2D eigenvalue weighted by atomic mass is 9.82. The van der Waals surface area contributed by atoms with Crippen molar-refractivity contribution in [1.82, 2.24) is 9.80 Å². The molecule has 2 saturated heterocycles. The average Bonchev–Trinajstić information content (AvgIpc) is 2.68. The number of likely N-dealkylation sites (tertiary alicyclic amines) is 2. The summed E-state index contributed by atoms with van der Waals surface area (Å²) >= 11 is 0. The molecule has 2 aliphatic heterocycles. The molecule has 0 aromatic rings. The Hall–Kier alpha value is -1.24. The van der Waals surface area contributed by atoms with Crippen molar-refractivity contribution in [3.63, 3.8) is 0 Å². The lowest BCUT2D eigenvalue weighted by molar-refractivity contribution is 0.124. The number of nitriles is 1. The molecule has 0 atom stereocenters. The first-order valence-corrected chi connectivity index (χ1v) is 7.10. The fourth-order valence-corrected chi connectivity index (χ4v) is 2.77. The van der Waals surface area contributed by atoms with Gasteiger partial charge in [0.15, 0.2) is 0 Å². The van der Waals surface area contributed by atoms with Gasteiger partial charge in [-0.3, -0.25) is 0 Å². The smallest absolute Gasteiger partial charge is 0.319 e. The normalized spacial score (nSPS) is 24.2. The number of carbonyl (C=O) groups excluding carboxylic acids is 1. The Labute approximate surface area is 110 Å². The van der Waals surface area contributed by atoms with Crippen LogP contribution in [0.3, 0.4) is 0 Å². The Morgan fingerprint density at radius 1 is 1.00 bits per heavy atom. The maximum Gasteiger partial charge on any atom is 0.319 e. The lowest BCUT2D eigenvalue weighted by Crippen LogP contribution is -2.48. The minimum atomic E-state index is -0.227. The van der Waals surface area contributed by atoms with Crippen LogP contribution >= 0.6 is 0 Å². The number of carbonyl (C=O) groups is 1. The minimum Gasteiger partial charge on any atom is -0.325 e. The summed E-state index contributed by atoms with van der Waals surface area (Å²) < 4.78 is 0. The van der Waals surface area contributed by atoms with Gasteiger partial charge in [-0.15, -0.1) is 0 Å². The van der Waals surface area contributed by atoms with Gasteiger partial charge in [-0.2, -0.15) is 5.26 Å². The molecule has 2 aliphatic rings. The van der Waals surface area contributed by atoms with E-state index in [2.05, 4.69) is 6.07 Å². The van der Waals surface area contributed by atoms with E-state index in [1.54, 1.807) is 0 Å². The number of rotatable bonds is 0. The largest absolute Gasteiger partial charge is 0.325 e. The van der Waals surface area contributed by atoms with Crippen molar-refractivity contribution in [2.75, 3.05) is 26.2 Å². The average molecular weight is 249 g/mol. The van der Waals surface area contributed by atoms with Crippen LogP contribution in [-0.2, 0) is 0 Å². The van der Waals surface area contributed by atoms with Crippen LogP contribution in [0.1, 0.15) is 45.4 Å². The van der Waals surface area contributed by atoms with Crippen molar-refractivity contribution in [2.24, 2.45) is 5.41 Å². The summed E-state index contributed by atoms with van der Waals surface area (Å²) in [7, 11) is 0. The molecule has 2 heterocycles. The number of amides is 2. The third-order valence-electron chi connectivity index (χ3n) is 4.28. The summed E-state index contributed by atoms with van der Waals surface area (Å²) in [5.41, 5.74) is -0.227. The van der Waals surface area contributed by atoms with E-state index in [1.807, 2.05) is 16.7 Å². The molecule has 4 heteroatoms. The zero-order valence-electron chi connectivity index (χ0n) is 11.3. The summed E-state index contributed by atoms with van der Waals surface area (Å²) in [6.45, 7) is 5.29. The Kier molecular flexibility index (Phi) is 4.11. The topological polar surface area (TPSA) is 47.3 Å². The molecular formula is C14H23N3O. The second-order valence-corrected chi connectivity index (χ2v) is 5.84. The van der Waals surface area contributed by atoms with Crippen LogP contribution < -0.4 is 0 Å². The van der Waals surface area contributed by atoms with Crippen LogP contribution in [-0.4, -0.2) is 42.0 Å². The van der Waals surface area contributed by atoms with Crippen LogP contribution in [0.4, 0.5) is 4.79 Å². The van der Waals surface area contributed by atoms with Gasteiger partial charge in [0.1, 0.15) is 0 Å². The highest BCUT2D eigenvalue weighted by Gasteiger charge is 2.33. The van der Waals surface area contributed by atoms with Crippen LogP contribution in [0.25, 0.3) is 0 Å². The molecule has 100 valence electrons. The summed E-state index contributed by atoms with van der Waals surface area (Å²) in [6, 6.07) is 2.57. The van der Waals surface area contributed by atoms with Crippen LogP contribution in [0.5, 0.6) is 0 Å². The van der Waals surface area contributed by atoms with E-state index >= 15 is 0 Å². The Bertz CT molecular complexity index is 331. The van der Waals surface area contributed by atoms with Gasteiger partial charge in [0.05, 0.1) is 11.5 Å². The highest BCUT2D eigenvalue weighted by Crippen LogP contribution is 2.30. The predicted molar refractivity (Wildman–Crippen MR) is 70.0 cm³/mol. The van der Waals surface area contributed by atoms with E-state index in [0.29, 0.717) is 0 Å². The standard InChI is InChI=1S/C14H23N3O/c1-14(12-15)6-10-17(11-7-14)13(18)16-8-4-2-3-5-9-16/h2-11H2,1H3. The number of nitrogens with zero attached hydrogens (tertiary/aromatic N) is 3. The van der Waals surface area contributed by atoms with Gasteiger partial charge in [0.25, 0.3) is 0 Å². The number of urea groups is 1. The Morgan fingerprint density at radius 2 is 1.50 bits per heavy atom. The molecule has 0 bridgehead atoms. The van der Waals surface area contributed by atoms with Crippen molar-refractivity contribution >= 4 is 6.03 Å². The number of piperidine rings is 1. The molecule has 0 N–H and O–H groups in total. The van der Waals surface area contributed by atoms with Crippen LogP contribution in [0.2, 0.25) is 0 Å². The van der Waals surface area contributed by atoms with Crippen LogP contribution in [0.15, 0.2) is 0 Å². The summed E-state index contributed by atoms with van der Waals surface area (Å²) in [5, 5.41) is 9.10. The third kappa shape index (κ3) is 2.95. The van der Waals surface area contributed by atoms with Gasteiger partial charge >= 0.3 is 6.03 Å². The van der Waals surface area contributed by atoms with Gasteiger partial charge in [-0.05, 0) is 32.6 Å². The fourth-order valence-electron chi connectivity index (χ4n) is 2.77. The second-order valence-electron chi connectivity index (χ2n) is 5.84.